The van der Waals surface area contributed by atoms with E-state index in [0.29, 0.717) is 12.4 Å². The maximum absolute atomic E-state index is 13.2. The molecule has 1 aliphatic heterocycles. The Morgan fingerprint density at radius 3 is 3.00 bits per heavy atom. The molecule has 1 amide bonds. The molecule has 2 N–H and O–H groups in total. The second-order valence-electron chi connectivity index (χ2n) is 4.97. The van der Waals surface area contributed by atoms with Gasteiger partial charge in [0.25, 0.3) is 5.91 Å². The summed E-state index contributed by atoms with van der Waals surface area (Å²) in [5.41, 5.74) is -0.207. The summed E-state index contributed by atoms with van der Waals surface area (Å²) in [6.45, 7) is 3.11. The topological polar surface area (TPSA) is 63.2 Å². The van der Waals surface area contributed by atoms with Gasteiger partial charge in [-0.15, -0.1) is 0 Å². The minimum Gasteiger partial charge on any atom is -0.379 e. The maximum atomic E-state index is 13.2. The van der Waals surface area contributed by atoms with Gasteiger partial charge in [-0.25, -0.2) is 9.37 Å². The quantitative estimate of drug-likeness (QED) is 0.872. The Morgan fingerprint density at radius 2 is 2.37 bits per heavy atom. The summed E-state index contributed by atoms with van der Waals surface area (Å²) in [4.78, 5) is 16.1. The first-order chi connectivity index (χ1) is 9.04. The fourth-order valence-corrected chi connectivity index (χ4v) is 2.19. The Hall–Kier alpha value is -1.69. The van der Waals surface area contributed by atoms with Crippen molar-refractivity contribution < 1.29 is 13.9 Å². The van der Waals surface area contributed by atoms with E-state index in [0.717, 1.165) is 25.6 Å². The lowest BCUT2D eigenvalue weighted by atomic mass is 9.94. The van der Waals surface area contributed by atoms with Crippen molar-refractivity contribution >= 4 is 11.7 Å². The Labute approximate surface area is 111 Å². The number of ether oxygens (including phenoxy) is 1. The highest BCUT2D eigenvalue weighted by molar-refractivity contribution is 5.99. The van der Waals surface area contributed by atoms with Crippen molar-refractivity contribution in [1.82, 2.24) is 10.3 Å². The van der Waals surface area contributed by atoms with Gasteiger partial charge in [-0.3, -0.25) is 4.79 Å². The van der Waals surface area contributed by atoms with E-state index in [-0.39, 0.29) is 11.5 Å². The van der Waals surface area contributed by atoms with Crippen LogP contribution in [0.4, 0.5) is 10.2 Å². The van der Waals surface area contributed by atoms with Gasteiger partial charge in [-0.05, 0) is 25.8 Å². The molecule has 1 aliphatic rings. The number of nitrogens with zero attached hydrogens (tertiary/aromatic N) is 1. The minimum absolute atomic E-state index is 0.203. The highest BCUT2D eigenvalue weighted by Gasteiger charge is 2.30. The van der Waals surface area contributed by atoms with Crippen molar-refractivity contribution in [3.63, 3.8) is 0 Å². The van der Waals surface area contributed by atoms with Crippen LogP contribution in [-0.2, 0) is 4.74 Å². The second kappa shape index (κ2) is 5.52. The van der Waals surface area contributed by atoms with E-state index in [1.807, 2.05) is 6.92 Å². The van der Waals surface area contributed by atoms with Gasteiger partial charge in [0.15, 0.2) is 0 Å². The molecule has 0 aromatic carbocycles. The van der Waals surface area contributed by atoms with Crippen LogP contribution < -0.4 is 10.6 Å². The summed E-state index contributed by atoms with van der Waals surface area (Å²) in [6.07, 6.45) is 2.82. The van der Waals surface area contributed by atoms with E-state index in [4.69, 9.17) is 4.74 Å². The van der Waals surface area contributed by atoms with Gasteiger partial charge < -0.3 is 15.4 Å². The normalized spacial score (nSPS) is 22.9. The summed E-state index contributed by atoms with van der Waals surface area (Å²) in [5.74, 6) is -0.516. The van der Waals surface area contributed by atoms with Crippen LogP contribution in [0.5, 0.6) is 0 Å². The number of anilines is 1. The smallest absolute Gasteiger partial charge is 0.255 e. The van der Waals surface area contributed by atoms with E-state index in [1.54, 1.807) is 7.05 Å². The fraction of sp³-hybridized carbons (Fsp3) is 0.538. The SMILES string of the molecule is CNc1ncc(F)cc1C(=O)NC1(C)CCCOC1. The van der Waals surface area contributed by atoms with E-state index in [9.17, 15) is 9.18 Å². The summed E-state index contributed by atoms with van der Waals surface area (Å²) in [5, 5.41) is 5.69. The number of aromatic nitrogens is 1. The third-order valence-corrected chi connectivity index (χ3v) is 3.19. The van der Waals surface area contributed by atoms with Crippen LogP contribution in [-0.4, -0.2) is 36.7 Å². The van der Waals surface area contributed by atoms with E-state index >= 15 is 0 Å². The molecule has 0 radical (unpaired) electrons. The lowest BCUT2D eigenvalue weighted by molar-refractivity contribution is 0.0272. The summed E-state index contributed by atoms with van der Waals surface area (Å²) >= 11 is 0. The number of halogens is 1. The van der Waals surface area contributed by atoms with Crippen LogP contribution >= 0.6 is 0 Å². The third-order valence-electron chi connectivity index (χ3n) is 3.19. The van der Waals surface area contributed by atoms with Gasteiger partial charge in [-0.2, -0.15) is 0 Å². The van der Waals surface area contributed by atoms with Crippen LogP contribution in [0.15, 0.2) is 12.3 Å². The van der Waals surface area contributed by atoms with Gasteiger partial charge >= 0.3 is 0 Å². The molecule has 0 bridgehead atoms. The first-order valence-electron chi connectivity index (χ1n) is 6.28. The number of carbonyl (C=O) groups is 1. The standard InChI is InChI=1S/C13H18FN3O2/c1-13(4-3-5-19-8-13)17-12(18)10-6-9(14)7-16-11(10)15-2/h6-7H,3-5,8H2,1-2H3,(H,15,16)(H,17,18). The van der Waals surface area contributed by atoms with Crippen molar-refractivity contribution in [3.05, 3.63) is 23.6 Å². The van der Waals surface area contributed by atoms with E-state index in [2.05, 4.69) is 15.6 Å². The zero-order chi connectivity index (χ0) is 13.9. The number of nitrogens with one attached hydrogen (secondary N) is 2. The van der Waals surface area contributed by atoms with Crippen LogP contribution in [0.2, 0.25) is 0 Å². The van der Waals surface area contributed by atoms with Gasteiger partial charge in [0, 0.05) is 13.7 Å². The van der Waals surface area contributed by atoms with Gasteiger partial charge in [0.2, 0.25) is 0 Å². The molecule has 0 saturated carbocycles. The van der Waals surface area contributed by atoms with Crippen molar-refractivity contribution in [2.45, 2.75) is 25.3 Å². The molecule has 0 aliphatic carbocycles. The second-order valence-corrected chi connectivity index (χ2v) is 4.97. The van der Waals surface area contributed by atoms with Crippen LogP contribution in [0.3, 0.4) is 0 Å². The summed E-state index contributed by atoms with van der Waals surface area (Å²) in [6, 6.07) is 1.18. The Kier molecular flexibility index (Phi) is 3.99. The number of amides is 1. The number of hydrogen-bond donors (Lipinski definition) is 2. The van der Waals surface area contributed by atoms with Crippen LogP contribution in [0.1, 0.15) is 30.1 Å². The molecule has 1 aromatic rings. The average molecular weight is 267 g/mol. The van der Waals surface area contributed by atoms with Crippen molar-refractivity contribution in [2.24, 2.45) is 0 Å². The molecule has 1 unspecified atom stereocenters. The Bertz CT molecular complexity index is 473. The highest BCUT2D eigenvalue weighted by atomic mass is 19.1. The molecule has 1 atom stereocenters. The molecular formula is C13H18FN3O2. The summed E-state index contributed by atoms with van der Waals surface area (Å²) in [7, 11) is 1.64. The zero-order valence-corrected chi connectivity index (χ0v) is 11.1. The molecule has 19 heavy (non-hydrogen) atoms. The van der Waals surface area contributed by atoms with Crippen LogP contribution in [0.25, 0.3) is 0 Å². The van der Waals surface area contributed by atoms with Crippen molar-refractivity contribution in [3.8, 4) is 0 Å². The minimum atomic E-state index is -0.533. The lowest BCUT2D eigenvalue weighted by Gasteiger charge is -2.34. The zero-order valence-electron chi connectivity index (χ0n) is 11.1. The molecule has 0 spiro atoms. The van der Waals surface area contributed by atoms with Gasteiger partial charge in [-0.1, -0.05) is 0 Å². The summed E-state index contributed by atoms with van der Waals surface area (Å²) < 4.78 is 18.6. The third kappa shape index (κ3) is 3.20. The molecule has 1 fully saturated rings. The molecular weight excluding hydrogens is 249 g/mol. The fourth-order valence-electron chi connectivity index (χ4n) is 2.19. The van der Waals surface area contributed by atoms with Gasteiger partial charge in [0.1, 0.15) is 11.6 Å². The first kappa shape index (κ1) is 13.7. The Morgan fingerprint density at radius 1 is 1.58 bits per heavy atom. The highest BCUT2D eigenvalue weighted by Crippen LogP contribution is 2.20. The monoisotopic (exact) mass is 267 g/mol. The molecule has 104 valence electrons. The molecule has 2 heterocycles. The molecule has 6 heteroatoms. The Balaban J connectivity index is 2.17. The van der Waals surface area contributed by atoms with Crippen LogP contribution in [0, 0.1) is 5.82 Å². The largest absolute Gasteiger partial charge is 0.379 e. The first-order valence-corrected chi connectivity index (χ1v) is 6.28. The number of rotatable bonds is 3. The maximum Gasteiger partial charge on any atom is 0.255 e. The molecule has 1 saturated heterocycles. The number of hydrogen-bond acceptors (Lipinski definition) is 4. The average Bonchev–Trinajstić information content (AvgIpc) is 2.39. The van der Waals surface area contributed by atoms with E-state index < -0.39 is 11.4 Å². The predicted octanol–water partition coefficient (Wildman–Crippen LogP) is 1.56. The number of pyridine rings is 1. The predicted molar refractivity (Wildman–Crippen MR) is 69.7 cm³/mol. The molecule has 2 rings (SSSR count). The van der Waals surface area contributed by atoms with E-state index in [1.165, 1.54) is 6.07 Å². The van der Waals surface area contributed by atoms with Crippen molar-refractivity contribution in [2.75, 3.05) is 25.6 Å². The van der Waals surface area contributed by atoms with Gasteiger partial charge in [0.05, 0.1) is 23.9 Å². The molecule has 1 aromatic heterocycles. The lowest BCUT2D eigenvalue weighted by Crippen LogP contribution is -2.51. The van der Waals surface area contributed by atoms with Crippen molar-refractivity contribution in [1.29, 1.82) is 0 Å². The number of carbonyl (C=O) groups excluding carboxylic acids is 1. The molecule has 5 nitrogen and oxygen atoms in total.